The molecule has 2 rings (SSSR count). The van der Waals surface area contributed by atoms with Crippen LogP contribution in [0, 0.1) is 5.92 Å². The lowest BCUT2D eigenvalue weighted by molar-refractivity contribution is -0.128. The van der Waals surface area contributed by atoms with E-state index in [1.807, 2.05) is 44.4 Å². The monoisotopic (exact) mass is 317 g/mol. The van der Waals surface area contributed by atoms with E-state index in [1.165, 1.54) is 4.70 Å². The fourth-order valence-corrected chi connectivity index (χ4v) is 3.53. The Bertz CT molecular complexity index is 662. The van der Waals surface area contributed by atoms with E-state index < -0.39 is 0 Å². The van der Waals surface area contributed by atoms with Crippen LogP contribution in [-0.2, 0) is 16.0 Å². The van der Waals surface area contributed by atoms with Crippen LogP contribution in [0.1, 0.15) is 39.2 Å². The van der Waals surface area contributed by atoms with E-state index in [0.29, 0.717) is 12.8 Å². The summed E-state index contributed by atoms with van der Waals surface area (Å²) in [6.45, 7) is 5.90. The van der Waals surface area contributed by atoms with Crippen LogP contribution in [0.15, 0.2) is 29.6 Å². The zero-order valence-electron chi connectivity index (χ0n) is 13.4. The van der Waals surface area contributed by atoms with Crippen molar-refractivity contribution in [2.45, 2.75) is 46.1 Å². The zero-order chi connectivity index (χ0) is 16.1. The standard InChI is InChI=1S/C18H23NO2S/c1-4-12(3)18(15(20)5-2)19-17(21)10-13-11-22-16-9-7-6-8-14(13)16/h6-9,11-12,18H,4-5,10H2,1-3H3,(H,19,21)/t12-,18?/m0/s1. The molecular formula is C18H23NO2S. The van der Waals surface area contributed by atoms with Gasteiger partial charge in [0.15, 0.2) is 5.78 Å². The Balaban J connectivity index is 2.09. The number of Topliss-reactive ketones (excluding diaryl/α,β-unsaturated/α-hetero) is 1. The minimum absolute atomic E-state index is 0.0735. The Morgan fingerprint density at radius 2 is 1.95 bits per heavy atom. The van der Waals surface area contributed by atoms with Crippen LogP contribution in [0.2, 0.25) is 0 Å². The number of carbonyl (C=O) groups excluding carboxylic acids is 2. The number of benzene rings is 1. The molecule has 3 nitrogen and oxygen atoms in total. The molecule has 0 saturated carbocycles. The number of hydrogen-bond acceptors (Lipinski definition) is 3. The van der Waals surface area contributed by atoms with Crippen molar-refractivity contribution in [3.8, 4) is 0 Å². The third-order valence-corrected chi connectivity index (χ3v) is 5.15. The molecule has 0 radical (unpaired) electrons. The quantitative estimate of drug-likeness (QED) is 0.840. The van der Waals surface area contributed by atoms with Gasteiger partial charge in [0.2, 0.25) is 5.91 Å². The van der Waals surface area contributed by atoms with E-state index >= 15 is 0 Å². The summed E-state index contributed by atoms with van der Waals surface area (Å²) < 4.78 is 1.19. The molecular weight excluding hydrogens is 294 g/mol. The summed E-state index contributed by atoms with van der Waals surface area (Å²) in [6.07, 6.45) is 1.66. The maximum absolute atomic E-state index is 12.3. The van der Waals surface area contributed by atoms with Crippen molar-refractivity contribution < 1.29 is 9.59 Å². The molecule has 1 aromatic heterocycles. The fourth-order valence-electron chi connectivity index (χ4n) is 2.56. The molecule has 1 aromatic carbocycles. The van der Waals surface area contributed by atoms with Crippen molar-refractivity contribution in [2.75, 3.05) is 0 Å². The number of nitrogens with one attached hydrogen (secondary N) is 1. The number of ketones is 1. The molecule has 0 aliphatic heterocycles. The highest BCUT2D eigenvalue weighted by Crippen LogP contribution is 2.26. The van der Waals surface area contributed by atoms with Crippen LogP contribution >= 0.6 is 11.3 Å². The predicted octanol–water partition coefficient (Wildman–Crippen LogP) is 3.95. The number of hydrogen-bond donors (Lipinski definition) is 1. The van der Waals surface area contributed by atoms with Gasteiger partial charge in [-0.2, -0.15) is 0 Å². The molecule has 1 heterocycles. The van der Waals surface area contributed by atoms with Gasteiger partial charge < -0.3 is 5.32 Å². The van der Waals surface area contributed by atoms with E-state index in [2.05, 4.69) is 11.4 Å². The Labute approximate surface area is 135 Å². The van der Waals surface area contributed by atoms with Crippen LogP contribution in [-0.4, -0.2) is 17.7 Å². The van der Waals surface area contributed by atoms with Crippen LogP contribution in [0.25, 0.3) is 10.1 Å². The van der Waals surface area contributed by atoms with E-state index in [9.17, 15) is 9.59 Å². The minimum atomic E-state index is -0.368. The van der Waals surface area contributed by atoms with Crippen molar-refractivity contribution >= 4 is 33.1 Å². The molecule has 1 amide bonds. The smallest absolute Gasteiger partial charge is 0.225 e. The molecule has 118 valence electrons. The van der Waals surface area contributed by atoms with Gasteiger partial charge >= 0.3 is 0 Å². The first-order valence-electron chi connectivity index (χ1n) is 7.84. The lowest BCUT2D eigenvalue weighted by Crippen LogP contribution is -2.45. The second kappa shape index (κ2) is 7.54. The highest BCUT2D eigenvalue weighted by Gasteiger charge is 2.24. The molecule has 4 heteroatoms. The first-order chi connectivity index (χ1) is 10.6. The molecule has 2 atom stereocenters. The predicted molar refractivity (Wildman–Crippen MR) is 92.2 cm³/mol. The maximum atomic E-state index is 12.3. The molecule has 22 heavy (non-hydrogen) atoms. The van der Waals surface area contributed by atoms with Crippen molar-refractivity contribution in [2.24, 2.45) is 5.92 Å². The van der Waals surface area contributed by atoms with Gasteiger partial charge in [0, 0.05) is 11.1 Å². The largest absolute Gasteiger partial charge is 0.346 e. The number of fused-ring (bicyclic) bond motifs is 1. The van der Waals surface area contributed by atoms with Crippen LogP contribution in [0.3, 0.4) is 0 Å². The molecule has 2 aromatic rings. The molecule has 0 aliphatic rings. The van der Waals surface area contributed by atoms with Crippen LogP contribution in [0.4, 0.5) is 0 Å². The number of carbonyl (C=O) groups is 2. The number of amides is 1. The first kappa shape index (κ1) is 16.7. The second-order valence-corrected chi connectivity index (χ2v) is 6.60. The number of rotatable bonds is 7. The SMILES string of the molecule is CCC(=O)C(NC(=O)Cc1csc2ccccc12)[C@@H](C)CC. The summed E-state index contributed by atoms with van der Waals surface area (Å²) in [7, 11) is 0. The fraction of sp³-hybridized carbons (Fsp3) is 0.444. The Morgan fingerprint density at radius 3 is 2.64 bits per heavy atom. The second-order valence-electron chi connectivity index (χ2n) is 5.68. The average molecular weight is 317 g/mol. The molecule has 0 saturated heterocycles. The summed E-state index contributed by atoms with van der Waals surface area (Å²) >= 11 is 1.65. The third kappa shape index (κ3) is 3.74. The van der Waals surface area contributed by atoms with Gasteiger partial charge in [-0.05, 0) is 28.3 Å². The lowest BCUT2D eigenvalue weighted by atomic mass is 9.94. The molecule has 0 spiro atoms. The van der Waals surface area contributed by atoms with Crippen molar-refractivity contribution in [3.05, 3.63) is 35.2 Å². The topological polar surface area (TPSA) is 46.2 Å². The summed E-state index contributed by atoms with van der Waals surface area (Å²) in [5.41, 5.74) is 1.03. The van der Waals surface area contributed by atoms with Crippen LogP contribution in [0.5, 0.6) is 0 Å². The van der Waals surface area contributed by atoms with Crippen molar-refractivity contribution in [1.29, 1.82) is 0 Å². The van der Waals surface area contributed by atoms with E-state index in [0.717, 1.165) is 17.4 Å². The van der Waals surface area contributed by atoms with Gasteiger partial charge in [-0.3, -0.25) is 9.59 Å². The Hall–Kier alpha value is -1.68. The van der Waals surface area contributed by atoms with E-state index in [1.54, 1.807) is 11.3 Å². The summed E-state index contributed by atoms with van der Waals surface area (Å²) in [4.78, 5) is 24.4. The zero-order valence-corrected chi connectivity index (χ0v) is 14.2. The maximum Gasteiger partial charge on any atom is 0.225 e. The molecule has 0 fully saturated rings. The third-order valence-electron chi connectivity index (χ3n) is 4.14. The molecule has 1 unspecified atom stereocenters. The van der Waals surface area contributed by atoms with E-state index in [4.69, 9.17) is 0 Å². The van der Waals surface area contributed by atoms with Gasteiger partial charge in [-0.1, -0.05) is 45.4 Å². The summed E-state index contributed by atoms with van der Waals surface area (Å²) in [6, 6.07) is 7.72. The van der Waals surface area contributed by atoms with Crippen LogP contribution < -0.4 is 5.32 Å². The van der Waals surface area contributed by atoms with Crippen molar-refractivity contribution in [1.82, 2.24) is 5.32 Å². The van der Waals surface area contributed by atoms with Gasteiger partial charge in [0.1, 0.15) is 0 Å². The summed E-state index contributed by atoms with van der Waals surface area (Å²) in [5, 5.41) is 6.10. The van der Waals surface area contributed by atoms with Gasteiger partial charge in [0.05, 0.1) is 12.5 Å². The first-order valence-corrected chi connectivity index (χ1v) is 8.71. The average Bonchev–Trinajstić information content (AvgIpc) is 2.94. The highest BCUT2D eigenvalue weighted by atomic mass is 32.1. The van der Waals surface area contributed by atoms with Crippen molar-refractivity contribution in [3.63, 3.8) is 0 Å². The molecule has 1 N–H and O–H groups in total. The number of thiophene rings is 1. The van der Waals surface area contributed by atoms with Gasteiger partial charge in [0.25, 0.3) is 0 Å². The Kier molecular flexibility index (Phi) is 5.72. The van der Waals surface area contributed by atoms with Gasteiger partial charge in [-0.25, -0.2) is 0 Å². The van der Waals surface area contributed by atoms with E-state index in [-0.39, 0.29) is 23.7 Å². The molecule has 0 aliphatic carbocycles. The normalized spacial score (nSPS) is 13.8. The molecule has 0 bridgehead atoms. The summed E-state index contributed by atoms with van der Waals surface area (Å²) in [5.74, 6) is 0.198. The highest BCUT2D eigenvalue weighted by molar-refractivity contribution is 7.17. The lowest BCUT2D eigenvalue weighted by Gasteiger charge is -2.22. The van der Waals surface area contributed by atoms with Gasteiger partial charge in [-0.15, -0.1) is 11.3 Å². The Morgan fingerprint density at radius 1 is 1.23 bits per heavy atom. The minimum Gasteiger partial charge on any atom is -0.346 e.